The Hall–Kier alpha value is -2.66. The molecule has 0 saturated carbocycles. The van der Waals surface area contributed by atoms with Gasteiger partial charge in [0.1, 0.15) is 0 Å². The lowest BCUT2D eigenvalue weighted by Gasteiger charge is -2.43. The fourth-order valence-corrected chi connectivity index (χ4v) is 3.72. The van der Waals surface area contributed by atoms with Crippen molar-refractivity contribution < 1.29 is 4.79 Å². The number of benzene rings is 1. The zero-order valence-corrected chi connectivity index (χ0v) is 16.7. The molecule has 5 nitrogen and oxygen atoms in total. The van der Waals surface area contributed by atoms with Crippen molar-refractivity contribution in [3.63, 3.8) is 0 Å². The predicted octanol–water partition coefficient (Wildman–Crippen LogP) is 4.52. The maximum absolute atomic E-state index is 12.0. The number of allylic oxidation sites excluding steroid dienone is 1. The summed E-state index contributed by atoms with van der Waals surface area (Å²) < 4.78 is 0. The van der Waals surface area contributed by atoms with Crippen molar-refractivity contribution in [3.8, 4) is 0 Å². The van der Waals surface area contributed by atoms with Crippen molar-refractivity contribution >= 4 is 35.0 Å². The molecule has 1 aromatic heterocycles. The third-order valence-corrected chi connectivity index (χ3v) is 5.03. The summed E-state index contributed by atoms with van der Waals surface area (Å²) in [5.41, 5.74) is 7.08. The van der Waals surface area contributed by atoms with Gasteiger partial charge in [0.2, 0.25) is 0 Å². The number of rotatable bonds is 4. The maximum atomic E-state index is 12.0. The van der Waals surface area contributed by atoms with Gasteiger partial charge in [-0.05, 0) is 57.5 Å². The Bertz CT molecular complexity index is 919. The normalized spacial score (nSPS) is 15.4. The minimum absolute atomic E-state index is 0.0670. The highest BCUT2D eigenvalue weighted by atomic mass is 35.5. The van der Waals surface area contributed by atoms with Crippen LogP contribution in [0.25, 0.3) is 5.57 Å². The minimum atomic E-state index is -0.316. The molecule has 2 heterocycles. The summed E-state index contributed by atoms with van der Waals surface area (Å²) in [6.07, 6.45) is 6.94. The molecule has 1 amide bonds. The van der Waals surface area contributed by atoms with Gasteiger partial charge in [-0.25, -0.2) is 5.43 Å². The molecule has 1 aliphatic heterocycles. The molecule has 1 N–H and O–H groups in total. The van der Waals surface area contributed by atoms with Gasteiger partial charge in [0.25, 0.3) is 5.91 Å². The molecule has 0 aliphatic carbocycles. The first-order valence-electron chi connectivity index (χ1n) is 8.88. The van der Waals surface area contributed by atoms with Crippen LogP contribution in [0.3, 0.4) is 0 Å². The lowest BCUT2D eigenvalue weighted by Crippen LogP contribution is -2.44. The number of hydrazone groups is 1. The molecular formula is C21H23ClN4O. The van der Waals surface area contributed by atoms with Gasteiger partial charge in [-0.15, -0.1) is 0 Å². The lowest BCUT2D eigenvalue weighted by molar-refractivity contribution is 0.0955. The highest BCUT2D eigenvalue weighted by molar-refractivity contribution is 6.33. The number of carbonyl (C=O) groups is 1. The van der Waals surface area contributed by atoms with Crippen molar-refractivity contribution in [2.24, 2.45) is 5.10 Å². The van der Waals surface area contributed by atoms with Crippen LogP contribution in [0.15, 0.2) is 47.8 Å². The Morgan fingerprint density at radius 3 is 2.85 bits per heavy atom. The first-order chi connectivity index (χ1) is 12.8. The van der Waals surface area contributed by atoms with Gasteiger partial charge in [-0.3, -0.25) is 9.78 Å². The zero-order chi connectivity index (χ0) is 19.6. The molecule has 140 valence electrons. The molecule has 0 spiro atoms. The number of anilines is 1. The van der Waals surface area contributed by atoms with E-state index in [-0.39, 0.29) is 11.4 Å². The van der Waals surface area contributed by atoms with Crippen LogP contribution >= 0.6 is 11.6 Å². The molecule has 1 aromatic carbocycles. The molecule has 0 saturated heterocycles. The number of likely N-dealkylation sites (N-methyl/N-ethyl adjacent to an activating group) is 1. The molecule has 27 heavy (non-hydrogen) atoms. The van der Waals surface area contributed by atoms with E-state index in [0.717, 1.165) is 23.4 Å². The highest BCUT2D eigenvalue weighted by Gasteiger charge is 2.30. The number of nitrogens with one attached hydrogen (secondary N) is 1. The second-order valence-corrected chi connectivity index (χ2v) is 7.46. The van der Waals surface area contributed by atoms with Gasteiger partial charge in [0.05, 0.1) is 22.3 Å². The summed E-state index contributed by atoms with van der Waals surface area (Å²) in [6.45, 7) is 9.51. The molecule has 3 rings (SSSR count). The smallest absolute Gasteiger partial charge is 0.272 e. The van der Waals surface area contributed by atoms with Gasteiger partial charge in [-0.1, -0.05) is 17.7 Å². The Labute approximate surface area is 164 Å². The summed E-state index contributed by atoms with van der Waals surface area (Å²) in [6, 6.07) is 7.37. The third kappa shape index (κ3) is 3.88. The highest BCUT2D eigenvalue weighted by Crippen LogP contribution is 2.40. The Balaban J connectivity index is 1.86. The molecule has 1 aliphatic rings. The Morgan fingerprint density at radius 1 is 1.41 bits per heavy atom. The van der Waals surface area contributed by atoms with Crippen LogP contribution in [0.5, 0.6) is 0 Å². The van der Waals surface area contributed by atoms with Gasteiger partial charge in [-0.2, -0.15) is 5.10 Å². The minimum Gasteiger partial charge on any atom is -0.363 e. The number of fused-ring (bicyclic) bond motifs is 1. The predicted molar refractivity (Wildman–Crippen MR) is 111 cm³/mol. The van der Waals surface area contributed by atoms with Gasteiger partial charge >= 0.3 is 0 Å². The van der Waals surface area contributed by atoms with E-state index in [9.17, 15) is 4.79 Å². The molecule has 0 fully saturated rings. The largest absolute Gasteiger partial charge is 0.363 e. The molecular weight excluding hydrogens is 360 g/mol. The Kier molecular flexibility index (Phi) is 5.33. The van der Waals surface area contributed by atoms with Crippen LogP contribution in [0.4, 0.5) is 5.69 Å². The first-order valence-corrected chi connectivity index (χ1v) is 9.25. The second kappa shape index (κ2) is 7.53. The van der Waals surface area contributed by atoms with E-state index in [1.165, 1.54) is 11.8 Å². The van der Waals surface area contributed by atoms with Gasteiger partial charge < -0.3 is 4.90 Å². The average Bonchev–Trinajstić information content (AvgIpc) is 2.63. The number of carbonyl (C=O) groups excluding carboxylic acids is 1. The van der Waals surface area contributed by atoms with Crippen LogP contribution in [-0.4, -0.2) is 29.2 Å². The molecule has 0 unspecified atom stereocenters. The number of aromatic nitrogens is 1. The van der Waals surface area contributed by atoms with Gasteiger partial charge in [0, 0.05) is 35.8 Å². The summed E-state index contributed by atoms with van der Waals surface area (Å²) in [7, 11) is 0. The number of hydrogen-bond acceptors (Lipinski definition) is 4. The molecule has 0 atom stereocenters. The van der Waals surface area contributed by atoms with E-state index in [2.05, 4.69) is 54.2 Å². The molecule has 0 radical (unpaired) electrons. The van der Waals surface area contributed by atoms with Crippen molar-refractivity contribution in [2.75, 3.05) is 11.4 Å². The van der Waals surface area contributed by atoms with E-state index in [0.29, 0.717) is 10.6 Å². The first kappa shape index (κ1) is 19.1. The number of halogens is 1. The van der Waals surface area contributed by atoms with E-state index in [1.54, 1.807) is 24.5 Å². The molecule has 2 aromatic rings. The topological polar surface area (TPSA) is 57.6 Å². The van der Waals surface area contributed by atoms with Crippen molar-refractivity contribution in [3.05, 3.63) is 64.4 Å². The maximum Gasteiger partial charge on any atom is 0.272 e. The van der Waals surface area contributed by atoms with Crippen molar-refractivity contribution in [2.45, 2.75) is 33.2 Å². The fraction of sp³-hybridized carbons (Fsp3) is 0.286. The fourth-order valence-electron chi connectivity index (χ4n) is 3.51. The number of nitrogens with zero attached hydrogens (tertiary/aromatic N) is 3. The van der Waals surface area contributed by atoms with E-state index in [1.807, 2.05) is 12.1 Å². The summed E-state index contributed by atoms with van der Waals surface area (Å²) in [5, 5.41) is 4.65. The quantitative estimate of drug-likeness (QED) is 0.624. The third-order valence-electron chi connectivity index (χ3n) is 4.71. The Morgan fingerprint density at radius 2 is 2.19 bits per heavy atom. The molecule has 0 bridgehead atoms. The van der Waals surface area contributed by atoms with Crippen LogP contribution in [-0.2, 0) is 0 Å². The van der Waals surface area contributed by atoms with Crippen LogP contribution in [0.2, 0.25) is 5.02 Å². The zero-order valence-electron chi connectivity index (χ0n) is 16.0. The van der Waals surface area contributed by atoms with E-state index < -0.39 is 0 Å². The number of pyridine rings is 1. The second-order valence-electron chi connectivity index (χ2n) is 7.06. The van der Waals surface area contributed by atoms with Crippen LogP contribution in [0.1, 0.15) is 49.2 Å². The van der Waals surface area contributed by atoms with Gasteiger partial charge in [0.15, 0.2) is 0 Å². The van der Waals surface area contributed by atoms with Crippen LogP contribution in [0, 0.1) is 0 Å². The number of amides is 1. The monoisotopic (exact) mass is 382 g/mol. The summed E-state index contributed by atoms with van der Waals surface area (Å²) in [4.78, 5) is 18.3. The van der Waals surface area contributed by atoms with E-state index >= 15 is 0 Å². The average molecular weight is 383 g/mol. The van der Waals surface area contributed by atoms with Crippen molar-refractivity contribution in [1.82, 2.24) is 10.4 Å². The standard InChI is InChI=1S/C21H23ClN4O/c1-5-26-19-10-18(22)16(9-17(19)14(2)11-21(26,3)4)13-24-25-20(27)15-7-6-8-23-12-15/h6-13H,5H2,1-4H3,(H,25,27)/b24-13-. The lowest BCUT2D eigenvalue weighted by atomic mass is 9.88. The molecule has 6 heteroatoms. The van der Waals surface area contributed by atoms with Crippen molar-refractivity contribution in [1.29, 1.82) is 0 Å². The van der Waals surface area contributed by atoms with Crippen LogP contribution < -0.4 is 10.3 Å². The SMILES string of the molecule is CCN1c2cc(Cl)c(/C=N\NC(=O)c3cccnc3)cc2C(C)=CC1(C)C. The summed E-state index contributed by atoms with van der Waals surface area (Å²) >= 11 is 6.50. The van der Waals surface area contributed by atoms with E-state index in [4.69, 9.17) is 11.6 Å². The number of hydrogen-bond donors (Lipinski definition) is 1. The summed E-state index contributed by atoms with van der Waals surface area (Å²) in [5.74, 6) is -0.316.